The third kappa shape index (κ3) is 19.0. The summed E-state index contributed by atoms with van der Waals surface area (Å²) in [5, 5.41) is 21.9. The first-order valence-corrected chi connectivity index (χ1v) is 28.7. The number of nitrogens with zero attached hydrogens (tertiary/aromatic N) is 2. The number of benzene rings is 4. The van der Waals surface area contributed by atoms with E-state index in [4.69, 9.17) is 35.7 Å². The van der Waals surface area contributed by atoms with Crippen molar-refractivity contribution in [3.05, 3.63) is 141 Å². The fraction of sp³-hybridized carbons (Fsp3) is 0.587. The van der Waals surface area contributed by atoms with E-state index in [-0.39, 0.29) is 103 Å². The molecule has 6 saturated heterocycles. The van der Waals surface area contributed by atoms with E-state index in [1.54, 1.807) is 37.3 Å². The van der Waals surface area contributed by atoms with Gasteiger partial charge in [-0.2, -0.15) is 0 Å². The Morgan fingerprint density at radius 1 is 0.537 bits per heavy atom. The molecular formula is C63H87Cl2F4N3O8. The van der Waals surface area contributed by atoms with Crippen LogP contribution in [-0.2, 0) is 44.6 Å². The molecule has 6 aliphatic rings. The van der Waals surface area contributed by atoms with Gasteiger partial charge in [0.15, 0.2) is 0 Å². The van der Waals surface area contributed by atoms with E-state index < -0.39 is 11.2 Å². The number of hydrogen-bond acceptors (Lipinski definition) is 9. The summed E-state index contributed by atoms with van der Waals surface area (Å²) in [6.45, 7) is 19.2. The van der Waals surface area contributed by atoms with E-state index in [0.717, 1.165) is 73.6 Å². The third-order valence-corrected chi connectivity index (χ3v) is 15.9. The minimum atomic E-state index is -0.480. The quantitative estimate of drug-likeness (QED) is 0.117. The van der Waals surface area contributed by atoms with E-state index >= 15 is 0 Å². The number of fused-ring (bicyclic) bond motifs is 6. The fourth-order valence-electron chi connectivity index (χ4n) is 11.6. The van der Waals surface area contributed by atoms with Gasteiger partial charge in [0.1, 0.15) is 34.5 Å². The number of nitrogens with one attached hydrogen (secondary N) is 1. The zero-order valence-corrected chi connectivity index (χ0v) is 50.0. The predicted molar refractivity (Wildman–Crippen MR) is 308 cm³/mol. The molecule has 6 unspecified atom stereocenters. The first-order valence-electron chi connectivity index (χ1n) is 28.2. The average molecular weight is 1160 g/mol. The van der Waals surface area contributed by atoms with Crippen LogP contribution in [0.25, 0.3) is 0 Å². The standard InChI is InChI=1S/C20H28FNO3.C15H20FNO.C12H21NO3.C8H8ClF.C8H9FO.ClH/c1-13-6-5-7-18(21)17(13)12-24-16-10-14-8-9-15(11-16)22(14)19(23)25-20(2,3)4;1-10-3-2-4-15(16)14(10)9-18-13-7-11-5-6-12(8-13)17-11;1-12(2,3)16-11(15)13-8-4-5-9(13)7-10(14)6-8;1-6-3-2-4-8(10)7(6)5-9;1-6-3-2-4-8(9)7(6)5-10;/h5-7,14-16H,8-12H2,1-4H3;2-4,11-13,17H,5-9H2,1H3;8-10,14H,4-7H2,1-3H3;2-4H,5H2,1H3;2-4,10H,5H2,1H3;1H. The van der Waals surface area contributed by atoms with Crippen molar-refractivity contribution >= 4 is 36.2 Å². The van der Waals surface area contributed by atoms with Gasteiger partial charge in [0, 0.05) is 58.5 Å². The summed E-state index contributed by atoms with van der Waals surface area (Å²) in [6.07, 6.45) is 11.3. The molecule has 10 rings (SSSR count). The van der Waals surface area contributed by atoms with Crippen LogP contribution in [0.15, 0.2) is 72.8 Å². The van der Waals surface area contributed by atoms with Gasteiger partial charge in [0.25, 0.3) is 0 Å². The van der Waals surface area contributed by atoms with Crippen LogP contribution in [0.3, 0.4) is 0 Å². The van der Waals surface area contributed by atoms with Crippen molar-refractivity contribution in [1.29, 1.82) is 0 Å². The minimum Gasteiger partial charge on any atom is -0.444 e. The van der Waals surface area contributed by atoms with Crippen molar-refractivity contribution in [2.45, 2.75) is 238 Å². The Hall–Kier alpha value is -4.48. The highest BCUT2D eigenvalue weighted by Gasteiger charge is 2.46. The van der Waals surface area contributed by atoms with Gasteiger partial charge >= 0.3 is 12.2 Å². The number of hydrogen-bond donors (Lipinski definition) is 3. The zero-order valence-electron chi connectivity index (χ0n) is 48.5. The first kappa shape index (κ1) is 66.3. The summed E-state index contributed by atoms with van der Waals surface area (Å²) in [4.78, 5) is 28.2. The lowest BCUT2D eigenvalue weighted by atomic mass is 10.00. The van der Waals surface area contributed by atoms with Gasteiger partial charge in [-0.25, -0.2) is 27.2 Å². The Balaban J connectivity index is 0.000000191. The number of piperidine rings is 3. The number of aliphatic hydroxyl groups excluding tert-OH is 2. The maximum atomic E-state index is 13.9. The van der Waals surface area contributed by atoms with Gasteiger partial charge in [0.05, 0.1) is 44.0 Å². The van der Waals surface area contributed by atoms with E-state index in [9.17, 15) is 32.3 Å². The number of halogens is 6. The molecule has 444 valence electrons. The van der Waals surface area contributed by atoms with E-state index in [1.807, 2.05) is 90.3 Å². The monoisotopic (exact) mass is 1160 g/mol. The Bertz CT molecular complexity index is 2460. The highest BCUT2D eigenvalue weighted by molar-refractivity contribution is 6.17. The topological polar surface area (TPSA) is 130 Å². The number of alkyl halides is 1. The highest BCUT2D eigenvalue weighted by atomic mass is 35.5. The second-order valence-corrected chi connectivity index (χ2v) is 24.3. The lowest BCUT2D eigenvalue weighted by Gasteiger charge is -2.39. The zero-order chi connectivity index (χ0) is 57.8. The number of aryl methyl sites for hydroxylation is 4. The molecule has 3 N–H and O–H groups in total. The van der Waals surface area contributed by atoms with Gasteiger partial charge in [0.2, 0.25) is 0 Å². The van der Waals surface area contributed by atoms with Crippen LogP contribution in [-0.4, -0.2) is 98.0 Å². The van der Waals surface area contributed by atoms with Crippen molar-refractivity contribution in [1.82, 2.24) is 15.1 Å². The van der Waals surface area contributed by atoms with Gasteiger partial charge in [-0.3, -0.25) is 0 Å². The number of carbonyl (C=O) groups is 2. The van der Waals surface area contributed by atoms with Crippen LogP contribution in [0, 0.1) is 51.0 Å². The molecule has 6 heterocycles. The summed E-state index contributed by atoms with van der Waals surface area (Å²) in [6, 6.07) is 21.9. The SMILES string of the molecule is CC(C)(C)OC(=O)N1C2CCC1CC(O)C2.Cc1cccc(F)c1CCl.Cc1cccc(F)c1CO.Cc1cccc(F)c1COC1CC2CCC(C1)N2.Cc1cccc(F)c1COC1CC2CCC(C1)N2C(=O)OC(C)(C)C.Cl. The number of carbonyl (C=O) groups excluding carboxylic acids is 2. The smallest absolute Gasteiger partial charge is 0.410 e. The lowest BCUT2D eigenvalue weighted by molar-refractivity contribution is -0.0402. The Labute approximate surface area is 483 Å². The van der Waals surface area contributed by atoms with Crippen LogP contribution < -0.4 is 5.32 Å². The summed E-state index contributed by atoms with van der Waals surface area (Å²) in [5.74, 6) is -0.656. The van der Waals surface area contributed by atoms with Crippen molar-refractivity contribution in [2.24, 2.45) is 0 Å². The van der Waals surface area contributed by atoms with Gasteiger partial charge in [-0.15, -0.1) is 24.0 Å². The van der Waals surface area contributed by atoms with E-state index in [1.165, 1.54) is 37.1 Å². The van der Waals surface area contributed by atoms with Crippen LogP contribution in [0.4, 0.5) is 27.2 Å². The van der Waals surface area contributed by atoms with Crippen molar-refractivity contribution in [2.75, 3.05) is 0 Å². The Kier molecular flexibility index (Phi) is 25.0. The minimum absolute atomic E-state index is 0. The molecule has 17 heteroatoms. The van der Waals surface area contributed by atoms with Gasteiger partial charge < -0.3 is 44.3 Å². The highest BCUT2D eigenvalue weighted by Crippen LogP contribution is 2.39. The summed E-state index contributed by atoms with van der Waals surface area (Å²) in [5.41, 5.74) is 5.01. The van der Waals surface area contributed by atoms with Crippen LogP contribution in [0.1, 0.15) is 163 Å². The number of rotatable bonds is 8. The molecule has 6 aliphatic heterocycles. The predicted octanol–water partition coefficient (Wildman–Crippen LogP) is 14.3. The summed E-state index contributed by atoms with van der Waals surface area (Å²) in [7, 11) is 0. The second kappa shape index (κ2) is 30.2. The number of ether oxygens (including phenoxy) is 4. The molecule has 80 heavy (non-hydrogen) atoms. The van der Waals surface area contributed by atoms with Crippen molar-refractivity contribution in [3.63, 3.8) is 0 Å². The molecular weight excluding hydrogens is 1070 g/mol. The maximum absolute atomic E-state index is 13.9. The third-order valence-electron chi connectivity index (χ3n) is 15.7. The van der Waals surface area contributed by atoms with Gasteiger partial charge in [-0.1, -0.05) is 48.5 Å². The number of aliphatic hydroxyl groups is 2. The molecule has 4 aromatic rings. The largest absolute Gasteiger partial charge is 0.444 e. The van der Waals surface area contributed by atoms with Crippen LogP contribution >= 0.6 is 24.0 Å². The maximum Gasteiger partial charge on any atom is 0.410 e. The van der Waals surface area contributed by atoms with Crippen LogP contribution in [0.2, 0.25) is 0 Å². The molecule has 2 amide bonds. The summed E-state index contributed by atoms with van der Waals surface area (Å²) < 4.78 is 76.0. The fourth-order valence-corrected chi connectivity index (χ4v) is 11.9. The van der Waals surface area contributed by atoms with E-state index in [2.05, 4.69) is 5.32 Å². The normalized spacial score (nSPS) is 24.3. The first-order chi connectivity index (χ1) is 37.3. The molecule has 11 nitrogen and oxygen atoms in total. The molecule has 0 aromatic heterocycles. The Morgan fingerprint density at radius 3 is 1.16 bits per heavy atom. The second-order valence-electron chi connectivity index (χ2n) is 24.1. The molecule has 0 radical (unpaired) electrons. The molecule has 6 atom stereocenters. The summed E-state index contributed by atoms with van der Waals surface area (Å²) >= 11 is 5.50. The molecule has 6 bridgehead atoms. The molecule has 0 saturated carbocycles. The van der Waals surface area contributed by atoms with Crippen molar-refractivity contribution < 1.29 is 56.3 Å². The molecule has 4 aromatic carbocycles. The number of amides is 2. The van der Waals surface area contributed by atoms with Crippen LogP contribution in [0.5, 0.6) is 0 Å². The van der Waals surface area contributed by atoms with E-state index in [0.29, 0.717) is 59.9 Å². The van der Waals surface area contributed by atoms with Gasteiger partial charge in [-0.05, 0) is 193 Å². The Morgan fingerprint density at radius 2 is 0.863 bits per heavy atom. The average Bonchev–Trinajstić information content (AvgIpc) is 4.07. The lowest BCUT2D eigenvalue weighted by Crippen LogP contribution is -2.50. The molecule has 0 aliphatic carbocycles. The molecule has 0 spiro atoms. The van der Waals surface area contributed by atoms with Crippen molar-refractivity contribution in [3.8, 4) is 0 Å². The molecule has 6 fully saturated rings.